The SMILES string of the molecule is Fc1cc(F)c(F)c(OB(Oc2ccc(F)c3c(F)c(F)ccc23)Oc2c(F)c(F)c(F)c3c(F)c(F)c(F)c(F)c23)c1. The molecule has 0 aliphatic heterocycles. The predicted octanol–water partition coefficient (Wildman–Crippen LogP) is 8.32. The van der Waals surface area contributed by atoms with Crippen molar-refractivity contribution in [2.75, 3.05) is 0 Å². The second-order valence-corrected chi connectivity index (χ2v) is 8.45. The molecule has 3 nitrogen and oxygen atoms in total. The van der Waals surface area contributed by atoms with Gasteiger partial charge in [0.25, 0.3) is 0 Å². The van der Waals surface area contributed by atoms with E-state index in [1.54, 1.807) is 0 Å². The van der Waals surface area contributed by atoms with Crippen LogP contribution in [-0.4, -0.2) is 7.32 Å². The van der Waals surface area contributed by atoms with E-state index in [-0.39, 0.29) is 12.1 Å². The number of halogens is 13. The molecule has 43 heavy (non-hydrogen) atoms. The van der Waals surface area contributed by atoms with Crippen molar-refractivity contribution in [3.8, 4) is 17.2 Å². The first-order valence-electron chi connectivity index (χ1n) is 11.3. The average molecular weight is 624 g/mol. The minimum absolute atomic E-state index is 0.0295. The van der Waals surface area contributed by atoms with Crippen LogP contribution in [-0.2, 0) is 0 Å². The van der Waals surface area contributed by atoms with Gasteiger partial charge < -0.3 is 14.0 Å². The molecular formula is C26H6BF13O3. The van der Waals surface area contributed by atoms with E-state index in [1.165, 1.54) is 0 Å². The molecule has 0 N–H and O–H groups in total. The van der Waals surface area contributed by atoms with Crippen LogP contribution in [0, 0.1) is 75.6 Å². The maximum Gasteiger partial charge on any atom is 0.864 e. The van der Waals surface area contributed by atoms with Crippen molar-refractivity contribution in [3.63, 3.8) is 0 Å². The van der Waals surface area contributed by atoms with E-state index in [2.05, 4.69) is 0 Å². The molecule has 5 rings (SSSR count). The smallest absolute Gasteiger partial charge is 0.489 e. The molecule has 17 heteroatoms. The fourth-order valence-corrected chi connectivity index (χ4v) is 3.99. The second-order valence-electron chi connectivity index (χ2n) is 8.45. The summed E-state index contributed by atoms with van der Waals surface area (Å²) in [5.74, 6) is -32.4. The molecule has 0 aliphatic rings. The van der Waals surface area contributed by atoms with Crippen molar-refractivity contribution in [2.45, 2.75) is 0 Å². The zero-order chi connectivity index (χ0) is 31.5. The van der Waals surface area contributed by atoms with Crippen molar-refractivity contribution >= 4 is 28.9 Å². The van der Waals surface area contributed by atoms with Crippen molar-refractivity contribution in [1.82, 2.24) is 0 Å². The minimum atomic E-state index is -2.96. The number of hydrogen-bond donors (Lipinski definition) is 0. The Labute approximate surface area is 229 Å². The topological polar surface area (TPSA) is 27.7 Å². The normalized spacial score (nSPS) is 11.4. The van der Waals surface area contributed by atoms with Crippen LogP contribution in [0.4, 0.5) is 57.1 Å². The molecule has 5 aromatic rings. The first-order valence-corrected chi connectivity index (χ1v) is 11.3. The van der Waals surface area contributed by atoms with Crippen LogP contribution in [0.15, 0.2) is 36.4 Å². The summed E-state index contributed by atoms with van der Waals surface area (Å²) in [7, 11) is -2.96. The Balaban J connectivity index is 1.74. The summed E-state index contributed by atoms with van der Waals surface area (Å²) in [6, 6.07) is 2.49. The molecule has 0 amide bonds. The first-order chi connectivity index (χ1) is 20.2. The van der Waals surface area contributed by atoms with Gasteiger partial charge in [0.05, 0.1) is 16.2 Å². The molecule has 0 saturated heterocycles. The Morgan fingerprint density at radius 1 is 0.395 bits per heavy atom. The highest BCUT2D eigenvalue weighted by Crippen LogP contribution is 2.40. The summed E-state index contributed by atoms with van der Waals surface area (Å²) in [5, 5.41) is -5.66. The van der Waals surface area contributed by atoms with Gasteiger partial charge in [-0.1, -0.05) is 0 Å². The molecule has 0 fully saturated rings. The Hall–Kier alpha value is -4.83. The summed E-state index contributed by atoms with van der Waals surface area (Å²) in [6.07, 6.45) is 0. The molecule has 0 spiro atoms. The zero-order valence-electron chi connectivity index (χ0n) is 20.2. The summed E-state index contributed by atoms with van der Waals surface area (Å²) in [6.45, 7) is 0. The predicted molar refractivity (Wildman–Crippen MR) is 121 cm³/mol. The molecule has 0 aliphatic carbocycles. The lowest BCUT2D eigenvalue weighted by Gasteiger charge is -2.20. The van der Waals surface area contributed by atoms with Gasteiger partial charge in [-0.3, -0.25) is 0 Å². The monoisotopic (exact) mass is 624 g/mol. The molecule has 0 saturated carbocycles. The van der Waals surface area contributed by atoms with E-state index >= 15 is 0 Å². The molecule has 0 radical (unpaired) electrons. The maximum atomic E-state index is 14.9. The Morgan fingerprint density at radius 2 is 0.953 bits per heavy atom. The van der Waals surface area contributed by atoms with Gasteiger partial charge in [-0.25, -0.2) is 48.3 Å². The van der Waals surface area contributed by atoms with E-state index < -0.39 is 122 Å². The van der Waals surface area contributed by atoms with Crippen LogP contribution in [0.1, 0.15) is 0 Å². The standard InChI is InChI=1S/C26H6BF13O3/c28-7-5-11(31)17(32)13(6-7)42-27(41-12-4-3-9(29)14-8(12)1-2-10(30)18(14)33)43-26-16-15(20(35)24(39)25(26)40)19(34)22(37)23(38)21(16)36/h1-6H. The van der Waals surface area contributed by atoms with Gasteiger partial charge in [0.1, 0.15) is 23.1 Å². The summed E-state index contributed by atoms with van der Waals surface area (Å²) in [4.78, 5) is 0. The average Bonchev–Trinajstić information content (AvgIpc) is 2.96. The van der Waals surface area contributed by atoms with E-state index in [4.69, 9.17) is 14.0 Å². The Bertz CT molecular complexity index is 1960. The van der Waals surface area contributed by atoms with Gasteiger partial charge in [0.15, 0.2) is 63.9 Å². The van der Waals surface area contributed by atoms with Crippen LogP contribution in [0.3, 0.4) is 0 Å². The number of benzene rings is 5. The Kier molecular flexibility index (Phi) is 7.44. The van der Waals surface area contributed by atoms with Crippen LogP contribution >= 0.6 is 0 Å². The second kappa shape index (κ2) is 10.8. The number of rotatable bonds is 6. The highest BCUT2D eigenvalue weighted by Gasteiger charge is 2.39. The van der Waals surface area contributed by atoms with Gasteiger partial charge in [0.2, 0.25) is 5.82 Å². The lowest BCUT2D eigenvalue weighted by atomic mass is 10.0. The molecule has 5 aromatic carbocycles. The largest absolute Gasteiger partial charge is 0.864 e. The Morgan fingerprint density at radius 3 is 1.60 bits per heavy atom. The number of hydrogen-bond acceptors (Lipinski definition) is 3. The van der Waals surface area contributed by atoms with E-state index in [0.717, 1.165) is 0 Å². The van der Waals surface area contributed by atoms with Gasteiger partial charge in [-0.05, 0) is 24.3 Å². The molecular weight excluding hydrogens is 618 g/mol. The van der Waals surface area contributed by atoms with Crippen LogP contribution in [0.2, 0.25) is 0 Å². The summed E-state index contributed by atoms with van der Waals surface area (Å²) in [5.41, 5.74) is 0. The van der Waals surface area contributed by atoms with E-state index in [1.807, 2.05) is 0 Å². The van der Waals surface area contributed by atoms with Crippen molar-refractivity contribution in [3.05, 3.63) is 112 Å². The fourth-order valence-electron chi connectivity index (χ4n) is 3.99. The van der Waals surface area contributed by atoms with Gasteiger partial charge >= 0.3 is 7.32 Å². The lowest BCUT2D eigenvalue weighted by molar-refractivity contribution is 0.289. The minimum Gasteiger partial charge on any atom is -0.489 e. The quantitative estimate of drug-likeness (QED) is 0.0824. The van der Waals surface area contributed by atoms with Gasteiger partial charge in [-0.2, -0.15) is 8.78 Å². The molecule has 0 atom stereocenters. The lowest BCUT2D eigenvalue weighted by Crippen LogP contribution is -2.38. The third-order valence-electron chi connectivity index (χ3n) is 5.90. The summed E-state index contributed by atoms with van der Waals surface area (Å²) < 4.78 is 200. The van der Waals surface area contributed by atoms with E-state index in [0.29, 0.717) is 24.3 Å². The molecule has 0 bridgehead atoms. The van der Waals surface area contributed by atoms with Crippen molar-refractivity contribution < 1.29 is 71.0 Å². The van der Waals surface area contributed by atoms with Crippen LogP contribution in [0.25, 0.3) is 21.5 Å². The summed E-state index contributed by atoms with van der Waals surface area (Å²) >= 11 is 0. The maximum absolute atomic E-state index is 14.9. The number of fused-ring (bicyclic) bond motifs is 2. The third-order valence-corrected chi connectivity index (χ3v) is 5.90. The highest BCUT2D eigenvalue weighted by molar-refractivity contribution is 6.40. The third kappa shape index (κ3) is 4.87. The molecule has 0 aromatic heterocycles. The molecule has 0 heterocycles. The first kappa shape index (κ1) is 29.7. The van der Waals surface area contributed by atoms with E-state index in [9.17, 15) is 57.1 Å². The van der Waals surface area contributed by atoms with Crippen molar-refractivity contribution in [2.24, 2.45) is 0 Å². The van der Waals surface area contributed by atoms with Crippen LogP contribution in [0.5, 0.6) is 17.2 Å². The molecule has 222 valence electrons. The molecule has 0 unspecified atom stereocenters. The van der Waals surface area contributed by atoms with Gasteiger partial charge in [-0.15, -0.1) is 0 Å². The van der Waals surface area contributed by atoms with Gasteiger partial charge in [0, 0.05) is 17.5 Å². The highest BCUT2D eigenvalue weighted by atomic mass is 19.2. The fraction of sp³-hybridized carbons (Fsp3) is 0. The van der Waals surface area contributed by atoms with Crippen molar-refractivity contribution in [1.29, 1.82) is 0 Å². The van der Waals surface area contributed by atoms with Crippen LogP contribution < -0.4 is 14.0 Å². The zero-order valence-corrected chi connectivity index (χ0v) is 20.2.